The van der Waals surface area contributed by atoms with Crippen molar-refractivity contribution in [1.82, 2.24) is 0 Å². The third kappa shape index (κ3) is 5.27. The molecule has 1 N–H and O–H groups in total. The minimum atomic E-state index is -1.61. The predicted molar refractivity (Wildman–Crippen MR) is 124 cm³/mol. The number of rotatable bonds is 9. The Balaban J connectivity index is 2.58. The maximum absolute atomic E-state index is 5.74. The summed E-state index contributed by atoms with van der Waals surface area (Å²) < 4.78 is 16.9. The van der Waals surface area contributed by atoms with Crippen LogP contribution in [0.15, 0.2) is 36.4 Å². The number of anilines is 1. The van der Waals surface area contributed by atoms with Crippen molar-refractivity contribution in [3.8, 4) is 28.7 Å². The van der Waals surface area contributed by atoms with E-state index in [2.05, 4.69) is 49.7 Å². The Morgan fingerprint density at radius 1 is 0.862 bits per heavy atom. The summed E-state index contributed by atoms with van der Waals surface area (Å²) in [7, 11) is 3.29. The van der Waals surface area contributed by atoms with E-state index < -0.39 is 8.07 Å². The van der Waals surface area contributed by atoms with Gasteiger partial charge < -0.3 is 19.5 Å². The van der Waals surface area contributed by atoms with Gasteiger partial charge in [0.25, 0.3) is 0 Å². The maximum Gasteiger partial charge on any atom is 0.204 e. The van der Waals surface area contributed by atoms with Crippen LogP contribution in [0, 0.1) is 11.5 Å². The van der Waals surface area contributed by atoms with Crippen molar-refractivity contribution in [3.05, 3.63) is 47.5 Å². The summed E-state index contributed by atoms with van der Waals surface area (Å²) in [5.74, 6) is 5.28. The van der Waals surface area contributed by atoms with Crippen LogP contribution in [0.25, 0.3) is 0 Å². The molecule has 0 aliphatic heterocycles. The first-order valence-corrected chi connectivity index (χ1v) is 12.8. The van der Waals surface area contributed by atoms with Gasteiger partial charge in [0, 0.05) is 12.6 Å². The van der Waals surface area contributed by atoms with Gasteiger partial charge in [-0.1, -0.05) is 57.0 Å². The zero-order chi connectivity index (χ0) is 21.3. The van der Waals surface area contributed by atoms with Gasteiger partial charge >= 0.3 is 0 Å². The third-order valence-corrected chi connectivity index (χ3v) is 10.4. The Morgan fingerprint density at radius 2 is 1.48 bits per heavy atom. The molecule has 156 valence electrons. The molecule has 0 saturated carbocycles. The fraction of sp³-hybridized carbons (Fsp3) is 0.417. The number of methoxy groups -OCH3 is 3. The molecule has 2 aromatic carbocycles. The molecule has 0 spiro atoms. The van der Waals surface area contributed by atoms with Crippen molar-refractivity contribution in [2.24, 2.45) is 0 Å². The molecule has 0 aromatic heterocycles. The summed E-state index contributed by atoms with van der Waals surface area (Å²) in [6, 6.07) is 15.7. The highest BCUT2D eigenvalue weighted by Crippen LogP contribution is 2.44. The van der Waals surface area contributed by atoms with Crippen LogP contribution in [-0.2, 0) is 6.54 Å². The van der Waals surface area contributed by atoms with E-state index in [1.165, 1.54) is 5.56 Å². The molecule has 4 nitrogen and oxygen atoms in total. The standard InChI is InChI=1S/C24H33NO3Si/c1-7-29(8-2,9-3)16-15-20-21(25-18-19-13-11-10-12-14-19)17-22(26-4)24(28-6)23(20)27-5/h10-14,17,25H,7-9,18H2,1-6H3. The Hall–Kier alpha value is -2.58. The Labute approximate surface area is 176 Å². The van der Waals surface area contributed by atoms with Crippen molar-refractivity contribution >= 4 is 13.8 Å². The van der Waals surface area contributed by atoms with Crippen LogP contribution < -0.4 is 19.5 Å². The van der Waals surface area contributed by atoms with E-state index in [1.54, 1.807) is 21.3 Å². The predicted octanol–water partition coefficient (Wildman–Crippen LogP) is 5.72. The maximum atomic E-state index is 5.74. The summed E-state index contributed by atoms with van der Waals surface area (Å²) in [5.41, 5.74) is 6.59. The lowest BCUT2D eigenvalue weighted by Crippen LogP contribution is -2.29. The lowest BCUT2D eigenvalue weighted by molar-refractivity contribution is 0.324. The fourth-order valence-electron chi connectivity index (χ4n) is 3.42. The summed E-state index contributed by atoms with van der Waals surface area (Å²) in [6.07, 6.45) is 0. The Kier molecular flexibility index (Phi) is 8.47. The average molecular weight is 412 g/mol. The molecular formula is C24H33NO3Si. The van der Waals surface area contributed by atoms with E-state index in [9.17, 15) is 0 Å². The Bertz CT molecular complexity index is 844. The molecule has 0 aliphatic rings. The van der Waals surface area contributed by atoms with E-state index in [1.807, 2.05) is 24.3 Å². The van der Waals surface area contributed by atoms with E-state index in [0.29, 0.717) is 23.8 Å². The molecule has 5 heteroatoms. The van der Waals surface area contributed by atoms with Crippen LogP contribution >= 0.6 is 0 Å². The molecule has 29 heavy (non-hydrogen) atoms. The highest BCUT2D eigenvalue weighted by Gasteiger charge is 2.25. The molecule has 0 radical (unpaired) electrons. The molecule has 2 rings (SSSR count). The number of benzene rings is 2. The molecule has 0 saturated heterocycles. The zero-order valence-corrected chi connectivity index (χ0v) is 19.5. The normalized spacial score (nSPS) is 10.7. The number of ether oxygens (including phenoxy) is 3. The summed E-state index contributed by atoms with van der Waals surface area (Å²) in [6.45, 7) is 7.46. The molecule has 0 unspecified atom stereocenters. The van der Waals surface area contributed by atoms with Crippen LogP contribution in [0.4, 0.5) is 5.69 Å². The van der Waals surface area contributed by atoms with Gasteiger partial charge in [-0.15, -0.1) is 5.54 Å². The number of nitrogens with one attached hydrogen (secondary N) is 1. The Morgan fingerprint density at radius 3 is 2.00 bits per heavy atom. The smallest absolute Gasteiger partial charge is 0.204 e. The highest BCUT2D eigenvalue weighted by atomic mass is 28.3. The van der Waals surface area contributed by atoms with Gasteiger partial charge in [-0.05, 0) is 23.7 Å². The first kappa shape index (κ1) is 22.7. The second kappa shape index (κ2) is 10.8. The molecule has 0 heterocycles. The van der Waals surface area contributed by atoms with Gasteiger partial charge in [0.1, 0.15) is 8.07 Å². The average Bonchev–Trinajstić information content (AvgIpc) is 2.78. The summed E-state index contributed by atoms with van der Waals surface area (Å²) in [5, 5.41) is 3.52. The van der Waals surface area contributed by atoms with Gasteiger partial charge in [-0.2, -0.15) is 0 Å². The SMILES string of the molecule is CC[Si](C#Cc1c(NCc2ccccc2)cc(OC)c(OC)c1OC)(CC)CC. The van der Waals surface area contributed by atoms with Crippen LogP contribution in [0.3, 0.4) is 0 Å². The second-order valence-electron chi connectivity index (χ2n) is 7.00. The van der Waals surface area contributed by atoms with Gasteiger partial charge in [0.15, 0.2) is 11.5 Å². The third-order valence-electron chi connectivity index (χ3n) is 5.64. The van der Waals surface area contributed by atoms with Gasteiger partial charge in [-0.3, -0.25) is 0 Å². The van der Waals surface area contributed by atoms with Crippen LogP contribution in [0.2, 0.25) is 18.1 Å². The summed E-state index contributed by atoms with van der Waals surface area (Å²) >= 11 is 0. The van der Waals surface area contributed by atoms with E-state index in [-0.39, 0.29) is 0 Å². The largest absolute Gasteiger partial charge is 0.493 e. The van der Waals surface area contributed by atoms with Crippen molar-refractivity contribution < 1.29 is 14.2 Å². The molecule has 2 aromatic rings. The zero-order valence-electron chi connectivity index (χ0n) is 18.5. The van der Waals surface area contributed by atoms with Gasteiger partial charge in [0.05, 0.1) is 32.6 Å². The highest BCUT2D eigenvalue weighted by molar-refractivity contribution is 6.87. The van der Waals surface area contributed by atoms with Crippen molar-refractivity contribution in [2.75, 3.05) is 26.6 Å². The molecule has 0 bridgehead atoms. The number of hydrogen-bond acceptors (Lipinski definition) is 4. The van der Waals surface area contributed by atoms with Crippen LogP contribution in [-0.4, -0.2) is 29.4 Å². The quantitative estimate of drug-likeness (QED) is 0.423. The topological polar surface area (TPSA) is 39.7 Å². The van der Waals surface area contributed by atoms with Crippen LogP contribution in [0.5, 0.6) is 17.2 Å². The molecule has 0 fully saturated rings. The lowest BCUT2D eigenvalue weighted by atomic mass is 10.1. The van der Waals surface area contributed by atoms with E-state index in [0.717, 1.165) is 29.4 Å². The first-order chi connectivity index (χ1) is 14.1. The summed E-state index contributed by atoms with van der Waals surface area (Å²) in [4.78, 5) is 0. The van der Waals surface area contributed by atoms with Crippen molar-refractivity contribution in [3.63, 3.8) is 0 Å². The first-order valence-electron chi connectivity index (χ1n) is 10.2. The van der Waals surface area contributed by atoms with E-state index in [4.69, 9.17) is 14.2 Å². The molecular weight excluding hydrogens is 378 g/mol. The second-order valence-corrected chi connectivity index (χ2v) is 11.9. The molecule has 0 atom stereocenters. The van der Waals surface area contributed by atoms with Gasteiger partial charge in [0.2, 0.25) is 5.75 Å². The number of hydrogen-bond donors (Lipinski definition) is 1. The minimum Gasteiger partial charge on any atom is -0.493 e. The minimum absolute atomic E-state index is 0.571. The van der Waals surface area contributed by atoms with Crippen molar-refractivity contribution in [2.45, 2.75) is 45.4 Å². The molecule has 0 aliphatic carbocycles. The fourth-order valence-corrected chi connectivity index (χ4v) is 5.84. The monoisotopic (exact) mass is 411 g/mol. The van der Waals surface area contributed by atoms with Crippen LogP contribution in [0.1, 0.15) is 31.9 Å². The lowest BCUT2D eigenvalue weighted by Gasteiger charge is -2.21. The van der Waals surface area contributed by atoms with Gasteiger partial charge in [-0.25, -0.2) is 0 Å². The molecule has 0 amide bonds. The van der Waals surface area contributed by atoms with Crippen molar-refractivity contribution in [1.29, 1.82) is 0 Å². The van der Waals surface area contributed by atoms with E-state index >= 15 is 0 Å².